The Hall–Kier alpha value is -1.68. The number of Topliss-reactive ketones (excluding diaryl/α,β-unsaturated/α-hetero) is 2. The average molecular weight is 415 g/mol. The van der Waals surface area contributed by atoms with Crippen LogP contribution in [0.3, 0.4) is 0 Å². The Kier molecular flexibility index (Phi) is 5.73. The van der Waals surface area contributed by atoms with Gasteiger partial charge in [-0.3, -0.25) is 9.59 Å². The second-order valence-electron chi connectivity index (χ2n) is 11.2. The molecule has 0 aromatic carbocycles. The molecule has 3 aliphatic rings. The van der Waals surface area contributed by atoms with Gasteiger partial charge in [-0.2, -0.15) is 0 Å². The Morgan fingerprint density at radius 2 is 1.70 bits per heavy atom. The van der Waals surface area contributed by atoms with Crippen LogP contribution in [0.1, 0.15) is 81.1 Å². The Labute approximate surface area is 181 Å². The van der Waals surface area contributed by atoms with Crippen molar-refractivity contribution in [2.24, 2.45) is 22.7 Å². The van der Waals surface area contributed by atoms with E-state index in [9.17, 15) is 14.7 Å². The van der Waals surface area contributed by atoms with Gasteiger partial charge < -0.3 is 9.84 Å². The number of hydrogen-bond donors (Lipinski definition) is 1. The predicted molar refractivity (Wildman–Crippen MR) is 119 cm³/mol. The predicted octanol–water partition coefficient (Wildman–Crippen LogP) is 5.31. The summed E-state index contributed by atoms with van der Waals surface area (Å²) in [6, 6.07) is 0. The average Bonchev–Trinajstić information content (AvgIpc) is 2.97. The summed E-state index contributed by atoms with van der Waals surface area (Å²) in [4.78, 5) is 27.5. The fraction of sp³-hybridized carbons (Fsp3) is 0.692. The molecular weight excluding hydrogens is 376 g/mol. The number of aliphatic hydroxyl groups is 1. The van der Waals surface area contributed by atoms with Crippen LogP contribution in [0.5, 0.6) is 0 Å². The van der Waals surface area contributed by atoms with E-state index in [1.54, 1.807) is 13.8 Å². The van der Waals surface area contributed by atoms with Gasteiger partial charge in [0.15, 0.2) is 11.6 Å². The number of ether oxygens (including phenoxy) is 1. The van der Waals surface area contributed by atoms with Gasteiger partial charge in [0, 0.05) is 12.0 Å². The van der Waals surface area contributed by atoms with E-state index in [0.29, 0.717) is 30.6 Å². The number of carbonyl (C=O) groups is 2. The van der Waals surface area contributed by atoms with Crippen LogP contribution in [0.2, 0.25) is 0 Å². The third kappa shape index (κ3) is 3.62. The number of hydrogen-bond acceptors (Lipinski definition) is 4. The number of fused-ring (bicyclic) bond motifs is 1. The van der Waals surface area contributed by atoms with Crippen LogP contribution in [0.25, 0.3) is 0 Å². The second kappa shape index (κ2) is 7.47. The molecule has 1 N–H and O–H groups in total. The minimum atomic E-state index is -1.08. The summed E-state index contributed by atoms with van der Waals surface area (Å²) in [6.45, 7) is 15.8. The third-order valence-electron chi connectivity index (χ3n) is 7.50. The first kappa shape index (κ1) is 23.0. The fourth-order valence-electron chi connectivity index (χ4n) is 5.49. The van der Waals surface area contributed by atoms with Crippen molar-refractivity contribution in [3.8, 4) is 0 Å². The molecule has 0 aromatic rings. The Morgan fingerprint density at radius 3 is 2.23 bits per heavy atom. The van der Waals surface area contributed by atoms with Gasteiger partial charge in [0.05, 0.1) is 16.9 Å². The molecule has 30 heavy (non-hydrogen) atoms. The molecule has 1 spiro atoms. The summed E-state index contributed by atoms with van der Waals surface area (Å²) in [5, 5.41) is 10.7. The summed E-state index contributed by atoms with van der Waals surface area (Å²) in [5.41, 5.74) is 0.728. The normalized spacial score (nSPS) is 32.5. The highest BCUT2D eigenvalue weighted by molar-refractivity contribution is 6.17. The van der Waals surface area contributed by atoms with Crippen molar-refractivity contribution in [2.45, 2.75) is 92.8 Å². The highest BCUT2D eigenvalue weighted by Crippen LogP contribution is 2.63. The maximum absolute atomic E-state index is 13.8. The van der Waals surface area contributed by atoms with Gasteiger partial charge in [-0.1, -0.05) is 37.1 Å². The van der Waals surface area contributed by atoms with E-state index in [1.807, 2.05) is 19.9 Å². The van der Waals surface area contributed by atoms with Crippen molar-refractivity contribution in [1.82, 2.24) is 0 Å². The quantitative estimate of drug-likeness (QED) is 0.489. The van der Waals surface area contributed by atoms with Gasteiger partial charge in [-0.25, -0.2) is 0 Å². The molecule has 2 aliphatic carbocycles. The lowest BCUT2D eigenvalue weighted by Gasteiger charge is -2.52. The van der Waals surface area contributed by atoms with E-state index < -0.39 is 28.5 Å². The molecule has 1 saturated heterocycles. The van der Waals surface area contributed by atoms with E-state index in [-0.39, 0.29) is 17.5 Å². The first-order chi connectivity index (χ1) is 13.7. The van der Waals surface area contributed by atoms with E-state index in [4.69, 9.17) is 4.74 Å². The van der Waals surface area contributed by atoms with Gasteiger partial charge in [0.25, 0.3) is 0 Å². The van der Waals surface area contributed by atoms with E-state index in [0.717, 1.165) is 12.0 Å². The van der Waals surface area contributed by atoms with Crippen molar-refractivity contribution >= 4 is 11.6 Å². The first-order valence-electron chi connectivity index (χ1n) is 11.2. The molecule has 166 valence electrons. The zero-order valence-electron chi connectivity index (χ0n) is 19.9. The molecule has 3 rings (SSSR count). The smallest absolute Gasteiger partial charge is 0.173 e. The summed E-state index contributed by atoms with van der Waals surface area (Å²) >= 11 is 0. The molecule has 0 aromatic heterocycles. The van der Waals surface area contributed by atoms with Crippen molar-refractivity contribution in [1.29, 1.82) is 0 Å². The maximum Gasteiger partial charge on any atom is 0.173 e. The molecular formula is C26H38O4. The van der Waals surface area contributed by atoms with Gasteiger partial charge in [0.2, 0.25) is 0 Å². The lowest BCUT2D eigenvalue weighted by atomic mass is 9.47. The van der Waals surface area contributed by atoms with Crippen LogP contribution in [0.15, 0.2) is 34.6 Å². The summed E-state index contributed by atoms with van der Waals surface area (Å²) in [6.07, 6.45) is 6.22. The molecule has 0 radical (unpaired) electrons. The minimum Gasteiger partial charge on any atom is -0.490 e. The molecule has 1 aliphatic heterocycles. The van der Waals surface area contributed by atoms with Crippen LogP contribution in [-0.2, 0) is 14.3 Å². The van der Waals surface area contributed by atoms with Gasteiger partial charge in [-0.05, 0) is 72.1 Å². The fourth-order valence-corrected chi connectivity index (χ4v) is 5.49. The van der Waals surface area contributed by atoms with E-state index in [2.05, 4.69) is 33.8 Å². The zero-order chi connectivity index (χ0) is 22.6. The summed E-state index contributed by atoms with van der Waals surface area (Å²) < 4.78 is 6.28. The summed E-state index contributed by atoms with van der Waals surface area (Å²) in [7, 11) is 0. The maximum atomic E-state index is 13.8. The van der Waals surface area contributed by atoms with Crippen LogP contribution in [0, 0.1) is 22.7 Å². The molecule has 1 saturated carbocycles. The van der Waals surface area contributed by atoms with Gasteiger partial charge in [-0.15, -0.1) is 0 Å². The highest BCUT2D eigenvalue weighted by atomic mass is 16.5. The number of rotatable bonds is 5. The highest BCUT2D eigenvalue weighted by Gasteiger charge is 2.67. The standard InChI is InChI=1S/C26H38O4/c1-15(2)9-11-17-13-26-14-19(25(7,8)29)30-23(26)18(12-10-16(3)4)21(27)20(22(26)28)24(17,5)6/h9-10,17,19-20,29H,11-14H2,1-8H3/t17-,19-,20-,26+/m1/s1. The minimum absolute atomic E-state index is 0.00801. The third-order valence-corrected chi connectivity index (χ3v) is 7.50. The SMILES string of the molecule is CC(C)=CCC1=C2O[C@@H](C(C)(C)O)C[C@]23C[C@@H](CC=C(C)C)C(C)(C)[C@H](C1=O)C3=O. The zero-order valence-corrected chi connectivity index (χ0v) is 19.9. The van der Waals surface area contributed by atoms with Crippen LogP contribution in [0.4, 0.5) is 0 Å². The molecule has 2 fully saturated rings. The molecule has 1 heterocycles. The van der Waals surface area contributed by atoms with E-state index >= 15 is 0 Å². The van der Waals surface area contributed by atoms with Crippen LogP contribution in [-0.4, -0.2) is 28.4 Å². The van der Waals surface area contributed by atoms with Crippen molar-refractivity contribution in [3.63, 3.8) is 0 Å². The molecule has 4 heteroatoms. The Bertz CT molecular complexity index is 841. The molecule has 4 atom stereocenters. The van der Waals surface area contributed by atoms with Crippen molar-refractivity contribution in [3.05, 3.63) is 34.6 Å². The number of allylic oxidation sites excluding steroid dienone is 6. The number of carbonyl (C=O) groups excluding carboxylic acids is 2. The molecule has 2 bridgehead atoms. The monoisotopic (exact) mass is 414 g/mol. The lowest BCUT2D eigenvalue weighted by molar-refractivity contribution is -0.153. The van der Waals surface area contributed by atoms with Crippen LogP contribution < -0.4 is 0 Å². The molecule has 0 amide bonds. The van der Waals surface area contributed by atoms with E-state index in [1.165, 1.54) is 5.57 Å². The summed E-state index contributed by atoms with van der Waals surface area (Å²) in [5.74, 6) is 0.0367. The molecule has 4 nitrogen and oxygen atoms in total. The van der Waals surface area contributed by atoms with Crippen LogP contribution >= 0.6 is 0 Å². The Morgan fingerprint density at radius 1 is 1.10 bits per heavy atom. The Balaban J connectivity index is 2.18. The van der Waals surface area contributed by atoms with Crippen molar-refractivity contribution < 1.29 is 19.4 Å². The lowest BCUT2D eigenvalue weighted by Crippen LogP contribution is -2.58. The largest absolute Gasteiger partial charge is 0.490 e. The second-order valence-corrected chi connectivity index (χ2v) is 11.2. The van der Waals surface area contributed by atoms with Crippen molar-refractivity contribution in [2.75, 3.05) is 0 Å². The van der Waals surface area contributed by atoms with Gasteiger partial charge >= 0.3 is 0 Å². The molecule has 0 unspecified atom stereocenters. The number of ketones is 2. The van der Waals surface area contributed by atoms with Gasteiger partial charge in [0.1, 0.15) is 11.9 Å². The topological polar surface area (TPSA) is 63.6 Å². The first-order valence-corrected chi connectivity index (χ1v) is 11.2.